The number of benzene rings is 1. The quantitative estimate of drug-likeness (QED) is 0.474. The maximum Gasteiger partial charge on any atom is 0.178 e. The molecule has 3 aliphatic heterocycles. The van der Waals surface area contributed by atoms with Gasteiger partial charge in [-0.25, -0.2) is 18.7 Å². The fourth-order valence-electron chi connectivity index (χ4n) is 5.69. The molecule has 3 aliphatic rings. The van der Waals surface area contributed by atoms with Gasteiger partial charge in [-0.2, -0.15) is 0 Å². The minimum atomic E-state index is -0.599. The van der Waals surface area contributed by atoms with Gasteiger partial charge in [0.1, 0.15) is 18.1 Å². The topological polar surface area (TPSA) is 66.9 Å². The highest BCUT2D eigenvalue weighted by molar-refractivity contribution is 5.72. The Morgan fingerprint density at radius 2 is 1.90 bits per heavy atom. The van der Waals surface area contributed by atoms with Gasteiger partial charge in [0.05, 0.1) is 38.1 Å². The molecule has 3 aromatic rings. The third-order valence-electron chi connectivity index (χ3n) is 7.76. The normalized spacial score (nSPS) is 20.0. The molecule has 6 rings (SSSR count). The summed E-state index contributed by atoms with van der Waals surface area (Å²) in [4.78, 5) is 20.3. The Bertz CT molecular complexity index is 1320. The van der Waals surface area contributed by atoms with Gasteiger partial charge in [0.15, 0.2) is 17.4 Å². The average Bonchev–Trinajstić information content (AvgIpc) is 2.94. The number of aromatic nitrogens is 3. The minimum absolute atomic E-state index is 0.0680. The summed E-state index contributed by atoms with van der Waals surface area (Å²) < 4.78 is 41.1. The van der Waals surface area contributed by atoms with Crippen molar-refractivity contribution in [1.82, 2.24) is 24.8 Å². The van der Waals surface area contributed by atoms with Crippen LogP contribution in [0.15, 0.2) is 36.7 Å². The second-order valence-electron chi connectivity index (χ2n) is 10.8. The Morgan fingerprint density at radius 3 is 2.72 bits per heavy atom. The molecule has 0 radical (unpaired) electrons. The van der Waals surface area contributed by atoms with Crippen LogP contribution in [0.5, 0.6) is 5.75 Å². The van der Waals surface area contributed by atoms with Gasteiger partial charge in [0, 0.05) is 62.3 Å². The Labute approximate surface area is 227 Å². The lowest BCUT2D eigenvalue weighted by molar-refractivity contribution is -0.0461. The molecule has 39 heavy (non-hydrogen) atoms. The number of pyridine rings is 1. The molecule has 10 heteroatoms. The number of piperazine rings is 1. The van der Waals surface area contributed by atoms with E-state index in [-0.39, 0.29) is 17.5 Å². The van der Waals surface area contributed by atoms with Gasteiger partial charge in [-0.1, -0.05) is 6.07 Å². The monoisotopic (exact) mass is 536 g/mol. The molecule has 1 atom stereocenters. The zero-order valence-corrected chi connectivity index (χ0v) is 22.4. The highest BCUT2D eigenvalue weighted by Crippen LogP contribution is 2.39. The average molecular weight is 537 g/mol. The Morgan fingerprint density at radius 1 is 1.00 bits per heavy atom. The van der Waals surface area contributed by atoms with Gasteiger partial charge < -0.3 is 14.4 Å². The van der Waals surface area contributed by atoms with Crippen molar-refractivity contribution < 1.29 is 18.3 Å². The lowest BCUT2D eigenvalue weighted by Crippen LogP contribution is -2.57. The van der Waals surface area contributed by atoms with E-state index in [9.17, 15) is 8.78 Å². The summed E-state index contributed by atoms with van der Waals surface area (Å²) in [6.45, 7) is 11.7. The fraction of sp³-hybridized carbons (Fsp3) is 0.483. The van der Waals surface area contributed by atoms with Crippen LogP contribution in [-0.4, -0.2) is 89.4 Å². The molecule has 5 heterocycles. The van der Waals surface area contributed by atoms with Crippen molar-refractivity contribution in [2.45, 2.75) is 38.9 Å². The summed E-state index contributed by atoms with van der Waals surface area (Å²) in [5, 5.41) is 0. The molecule has 1 unspecified atom stereocenters. The Hall–Kier alpha value is -3.21. The lowest BCUT2D eigenvalue weighted by atomic mass is 10.1. The largest absolute Gasteiger partial charge is 0.486 e. The van der Waals surface area contributed by atoms with E-state index in [0.29, 0.717) is 42.7 Å². The van der Waals surface area contributed by atoms with Crippen LogP contribution in [0.4, 0.5) is 14.5 Å². The van der Waals surface area contributed by atoms with Crippen LogP contribution >= 0.6 is 0 Å². The van der Waals surface area contributed by atoms with Crippen molar-refractivity contribution in [2.75, 3.05) is 57.4 Å². The van der Waals surface area contributed by atoms with Gasteiger partial charge in [0.25, 0.3) is 0 Å². The second kappa shape index (κ2) is 11.1. The van der Waals surface area contributed by atoms with Crippen molar-refractivity contribution in [1.29, 1.82) is 0 Å². The molecule has 8 nitrogen and oxygen atoms in total. The van der Waals surface area contributed by atoms with Crippen LogP contribution in [0, 0.1) is 11.6 Å². The molecule has 0 aliphatic carbocycles. The molecule has 1 aromatic carbocycles. The first-order valence-corrected chi connectivity index (χ1v) is 13.7. The number of morpholine rings is 1. The molecule has 206 valence electrons. The molecule has 0 amide bonds. The van der Waals surface area contributed by atoms with E-state index in [1.807, 2.05) is 26.1 Å². The number of hydrogen-bond acceptors (Lipinski definition) is 8. The Kier molecular flexibility index (Phi) is 7.42. The van der Waals surface area contributed by atoms with E-state index in [2.05, 4.69) is 35.7 Å². The van der Waals surface area contributed by atoms with Gasteiger partial charge in [-0.15, -0.1) is 0 Å². The SMILES string of the molecule is CC(C)N1CCOc2c(F)cc(-c3nc(Cc4ccc(CN5CCN6CCOCC6C5)cn4)ncc3F)cc21. The summed E-state index contributed by atoms with van der Waals surface area (Å²) in [6.07, 6.45) is 3.39. The zero-order valence-electron chi connectivity index (χ0n) is 22.4. The molecular weight excluding hydrogens is 502 g/mol. The standard InChI is InChI=1S/C29H34F2N6O2/c1-19(2)37-8-10-39-29-24(30)11-21(12-26(29)37)28-25(31)15-33-27(34-28)13-22-4-3-20(14-32-22)16-35-5-6-36-7-9-38-18-23(36)17-35/h3-4,11-12,14-15,19,23H,5-10,13,16-18H2,1-2H3. The van der Waals surface area contributed by atoms with E-state index in [1.165, 1.54) is 6.07 Å². The van der Waals surface area contributed by atoms with Crippen LogP contribution in [0.2, 0.25) is 0 Å². The third kappa shape index (κ3) is 5.59. The van der Waals surface area contributed by atoms with Crippen molar-refractivity contribution in [3.05, 3.63) is 65.4 Å². The van der Waals surface area contributed by atoms with Crippen LogP contribution in [0.3, 0.4) is 0 Å². The van der Waals surface area contributed by atoms with Crippen LogP contribution < -0.4 is 9.64 Å². The summed E-state index contributed by atoms with van der Waals surface area (Å²) in [5.74, 6) is -0.499. The molecule has 0 spiro atoms. The van der Waals surface area contributed by atoms with Gasteiger partial charge >= 0.3 is 0 Å². The molecular formula is C29H34F2N6O2. The zero-order chi connectivity index (χ0) is 26.9. The van der Waals surface area contributed by atoms with Crippen molar-refractivity contribution in [2.24, 2.45) is 0 Å². The maximum atomic E-state index is 15.0. The summed E-state index contributed by atoms with van der Waals surface area (Å²) in [7, 11) is 0. The smallest absolute Gasteiger partial charge is 0.178 e. The third-order valence-corrected chi connectivity index (χ3v) is 7.76. The number of nitrogens with zero attached hydrogens (tertiary/aromatic N) is 6. The molecule has 0 bridgehead atoms. The second-order valence-corrected chi connectivity index (χ2v) is 10.8. The van der Waals surface area contributed by atoms with Crippen LogP contribution in [0.1, 0.15) is 30.9 Å². The first kappa shape index (κ1) is 26.0. The molecule has 2 saturated heterocycles. The van der Waals surface area contributed by atoms with Gasteiger partial charge in [0.2, 0.25) is 0 Å². The number of halogens is 2. The fourth-order valence-corrected chi connectivity index (χ4v) is 5.69. The summed E-state index contributed by atoms with van der Waals surface area (Å²) in [5.41, 5.74) is 2.97. The predicted octanol–water partition coefficient (Wildman–Crippen LogP) is 3.53. The summed E-state index contributed by atoms with van der Waals surface area (Å²) >= 11 is 0. The molecule has 0 N–H and O–H groups in total. The number of fused-ring (bicyclic) bond motifs is 2. The van der Waals surface area contributed by atoms with E-state index in [1.54, 1.807) is 6.07 Å². The Balaban J connectivity index is 1.16. The van der Waals surface area contributed by atoms with Crippen LogP contribution in [-0.2, 0) is 17.7 Å². The van der Waals surface area contributed by atoms with Crippen molar-refractivity contribution >= 4 is 5.69 Å². The van der Waals surface area contributed by atoms with Gasteiger partial charge in [-0.3, -0.25) is 14.8 Å². The van der Waals surface area contributed by atoms with E-state index >= 15 is 0 Å². The number of anilines is 1. The molecule has 2 aromatic heterocycles. The molecule has 0 saturated carbocycles. The van der Waals surface area contributed by atoms with Crippen LogP contribution in [0.25, 0.3) is 11.3 Å². The molecule has 2 fully saturated rings. The number of rotatable bonds is 6. The predicted molar refractivity (Wildman–Crippen MR) is 144 cm³/mol. The van der Waals surface area contributed by atoms with E-state index in [4.69, 9.17) is 9.47 Å². The summed E-state index contributed by atoms with van der Waals surface area (Å²) in [6, 6.07) is 7.69. The van der Waals surface area contributed by atoms with E-state index < -0.39 is 11.6 Å². The highest BCUT2D eigenvalue weighted by Gasteiger charge is 2.29. The first-order chi connectivity index (χ1) is 18.9. The maximum absolute atomic E-state index is 15.0. The lowest BCUT2D eigenvalue weighted by Gasteiger charge is -2.43. The van der Waals surface area contributed by atoms with Gasteiger partial charge in [-0.05, 0) is 37.6 Å². The highest BCUT2D eigenvalue weighted by atomic mass is 19.1. The minimum Gasteiger partial charge on any atom is -0.486 e. The number of hydrogen-bond donors (Lipinski definition) is 0. The van der Waals surface area contributed by atoms with Crippen molar-refractivity contribution in [3.63, 3.8) is 0 Å². The van der Waals surface area contributed by atoms with Crippen molar-refractivity contribution in [3.8, 4) is 17.0 Å². The number of ether oxygens (including phenoxy) is 2. The first-order valence-electron chi connectivity index (χ1n) is 13.7. The van der Waals surface area contributed by atoms with E-state index in [0.717, 1.165) is 63.4 Å².